The molecule has 1 aromatic carbocycles. The Labute approximate surface area is 126 Å². The van der Waals surface area contributed by atoms with E-state index in [-0.39, 0.29) is 6.03 Å². The third-order valence-corrected chi connectivity index (χ3v) is 2.97. The fourth-order valence-corrected chi connectivity index (χ4v) is 1.96. The Morgan fingerprint density at radius 3 is 2.57 bits per heavy atom. The fraction of sp³-hybridized carbons (Fsp3) is 0.467. The second-order valence-corrected chi connectivity index (χ2v) is 4.52. The maximum absolute atomic E-state index is 12.1. The number of hydrogen-bond acceptors (Lipinski definition) is 3. The summed E-state index contributed by atoms with van der Waals surface area (Å²) in [5.74, 6) is 1.21. The molecule has 0 fully saturated rings. The number of amides is 2. The molecule has 0 unspecified atom stereocenters. The van der Waals surface area contributed by atoms with Crippen molar-refractivity contribution < 1.29 is 9.53 Å². The number of urea groups is 1. The van der Waals surface area contributed by atoms with Gasteiger partial charge < -0.3 is 15.4 Å². The van der Waals surface area contributed by atoms with Gasteiger partial charge in [0, 0.05) is 18.7 Å². The quantitative estimate of drug-likeness (QED) is 0.589. The SMILES string of the molecule is CCN=C(NCC)NC(=O)Nc1c(C)ccc(OC)c1C. The molecule has 2 amide bonds. The normalized spacial score (nSPS) is 11.0. The van der Waals surface area contributed by atoms with Crippen molar-refractivity contribution >= 4 is 17.7 Å². The Kier molecular flexibility index (Phi) is 6.52. The highest BCUT2D eigenvalue weighted by molar-refractivity contribution is 6.03. The summed E-state index contributed by atoms with van der Waals surface area (Å²) in [4.78, 5) is 16.3. The highest BCUT2D eigenvalue weighted by atomic mass is 16.5. The number of benzene rings is 1. The minimum Gasteiger partial charge on any atom is -0.496 e. The lowest BCUT2D eigenvalue weighted by Crippen LogP contribution is -2.43. The van der Waals surface area contributed by atoms with Crippen LogP contribution in [0.2, 0.25) is 0 Å². The molecule has 0 aliphatic carbocycles. The molecule has 0 spiro atoms. The van der Waals surface area contributed by atoms with E-state index in [1.807, 2.05) is 39.8 Å². The summed E-state index contributed by atoms with van der Waals surface area (Å²) < 4.78 is 5.27. The van der Waals surface area contributed by atoms with Crippen LogP contribution in [-0.2, 0) is 0 Å². The number of nitrogens with one attached hydrogen (secondary N) is 3. The third-order valence-electron chi connectivity index (χ3n) is 2.97. The van der Waals surface area contributed by atoms with Crippen LogP contribution in [-0.4, -0.2) is 32.2 Å². The van der Waals surface area contributed by atoms with Crippen LogP contribution in [0, 0.1) is 13.8 Å². The van der Waals surface area contributed by atoms with Gasteiger partial charge in [-0.15, -0.1) is 0 Å². The Morgan fingerprint density at radius 1 is 1.29 bits per heavy atom. The number of rotatable bonds is 4. The van der Waals surface area contributed by atoms with Gasteiger partial charge in [-0.25, -0.2) is 4.79 Å². The number of methoxy groups -OCH3 is 1. The van der Waals surface area contributed by atoms with Crippen LogP contribution in [0.15, 0.2) is 17.1 Å². The predicted octanol–water partition coefficient (Wildman–Crippen LogP) is 2.42. The topological polar surface area (TPSA) is 74.8 Å². The molecule has 6 nitrogen and oxygen atoms in total. The molecule has 0 atom stereocenters. The molecule has 0 bridgehead atoms. The molecule has 0 aliphatic heterocycles. The Balaban J connectivity index is 2.86. The highest BCUT2D eigenvalue weighted by Gasteiger charge is 2.12. The van der Waals surface area contributed by atoms with E-state index in [2.05, 4.69) is 20.9 Å². The van der Waals surface area contributed by atoms with Crippen LogP contribution in [0.3, 0.4) is 0 Å². The zero-order chi connectivity index (χ0) is 15.8. The zero-order valence-electron chi connectivity index (χ0n) is 13.3. The molecule has 0 heterocycles. The van der Waals surface area contributed by atoms with Gasteiger partial charge in [-0.1, -0.05) is 6.07 Å². The predicted molar refractivity (Wildman–Crippen MR) is 86.3 cm³/mol. The van der Waals surface area contributed by atoms with Crippen LogP contribution in [0.5, 0.6) is 5.75 Å². The standard InChI is InChI=1S/C15H24N4O2/c1-6-16-14(17-7-2)19-15(20)18-13-10(3)8-9-12(21-5)11(13)4/h8-9H,6-7H2,1-5H3,(H3,16,17,18,19,20). The molecular weight excluding hydrogens is 268 g/mol. The first kappa shape index (κ1) is 16.8. The van der Waals surface area contributed by atoms with E-state index in [0.29, 0.717) is 19.0 Å². The molecule has 6 heteroatoms. The molecule has 21 heavy (non-hydrogen) atoms. The van der Waals surface area contributed by atoms with E-state index in [9.17, 15) is 4.79 Å². The van der Waals surface area contributed by atoms with E-state index >= 15 is 0 Å². The van der Waals surface area contributed by atoms with Crippen LogP contribution in [0.1, 0.15) is 25.0 Å². The second kappa shape index (κ2) is 8.14. The van der Waals surface area contributed by atoms with Crippen LogP contribution in [0.25, 0.3) is 0 Å². The minimum absolute atomic E-state index is 0.331. The average Bonchev–Trinajstić information content (AvgIpc) is 2.44. The Bertz CT molecular complexity index is 527. The molecular formula is C15H24N4O2. The maximum Gasteiger partial charge on any atom is 0.326 e. The molecule has 116 valence electrons. The summed E-state index contributed by atoms with van der Waals surface area (Å²) in [6.45, 7) is 8.99. The number of anilines is 1. The lowest BCUT2D eigenvalue weighted by molar-refractivity contribution is 0.256. The molecule has 0 saturated carbocycles. The summed E-state index contributed by atoms with van der Waals surface area (Å²) >= 11 is 0. The Hall–Kier alpha value is -2.24. The van der Waals surface area contributed by atoms with Crippen LogP contribution in [0.4, 0.5) is 10.5 Å². The number of guanidine groups is 1. The van der Waals surface area contributed by atoms with Crippen LogP contribution < -0.4 is 20.7 Å². The maximum atomic E-state index is 12.1. The number of carbonyl (C=O) groups is 1. The van der Waals surface area contributed by atoms with Crippen molar-refractivity contribution in [2.45, 2.75) is 27.7 Å². The second-order valence-electron chi connectivity index (χ2n) is 4.52. The van der Waals surface area contributed by atoms with Crippen molar-refractivity contribution in [2.24, 2.45) is 4.99 Å². The Morgan fingerprint density at radius 2 is 2.00 bits per heavy atom. The molecule has 1 rings (SSSR count). The number of carbonyl (C=O) groups excluding carboxylic acids is 1. The van der Waals surface area contributed by atoms with Gasteiger partial charge >= 0.3 is 6.03 Å². The van der Waals surface area contributed by atoms with Gasteiger partial charge in [0.1, 0.15) is 5.75 Å². The molecule has 0 saturated heterocycles. The number of ether oxygens (including phenoxy) is 1. The van der Waals surface area contributed by atoms with Crippen LogP contribution >= 0.6 is 0 Å². The minimum atomic E-state index is -0.331. The summed E-state index contributed by atoms with van der Waals surface area (Å²) in [7, 11) is 1.61. The largest absolute Gasteiger partial charge is 0.496 e. The smallest absolute Gasteiger partial charge is 0.326 e. The van der Waals surface area contributed by atoms with Crippen molar-refractivity contribution in [2.75, 3.05) is 25.5 Å². The van der Waals surface area contributed by atoms with Crippen molar-refractivity contribution in [1.82, 2.24) is 10.6 Å². The van der Waals surface area contributed by atoms with Gasteiger partial charge in [0.2, 0.25) is 0 Å². The van der Waals surface area contributed by atoms with E-state index < -0.39 is 0 Å². The van der Waals surface area contributed by atoms with Gasteiger partial charge in [-0.2, -0.15) is 0 Å². The lowest BCUT2D eigenvalue weighted by atomic mass is 10.1. The lowest BCUT2D eigenvalue weighted by Gasteiger charge is -2.16. The summed E-state index contributed by atoms with van der Waals surface area (Å²) in [5.41, 5.74) is 2.62. The zero-order valence-corrected chi connectivity index (χ0v) is 13.3. The molecule has 0 radical (unpaired) electrons. The van der Waals surface area contributed by atoms with E-state index in [1.165, 1.54) is 0 Å². The number of hydrogen-bond donors (Lipinski definition) is 3. The van der Waals surface area contributed by atoms with Crippen molar-refractivity contribution in [3.05, 3.63) is 23.3 Å². The van der Waals surface area contributed by atoms with E-state index in [0.717, 1.165) is 22.6 Å². The fourth-order valence-electron chi connectivity index (χ4n) is 1.96. The summed E-state index contributed by atoms with van der Waals surface area (Å²) in [6.07, 6.45) is 0. The third kappa shape index (κ3) is 4.66. The van der Waals surface area contributed by atoms with Gasteiger partial charge in [-0.05, 0) is 39.3 Å². The molecule has 1 aromatic rings. The van der Waals surface area contributed by atoms with Gasteiger partial charge in [0.15, 0.2) is 5.96 Å². The monoisotopic (exact) mass is 292 g/mol. The first-order valence-electron chi connectivity index (χ1n) is 7.03. The van der Waals surface area contributed by atoms with Crippen molar-refractivity contribution in [3.8, 4) is 5.75 Å². The first-order valence-corrected chi connectivity index (χ1v) is 7.03. The van der Waals surface area contributed by atoms with E-state index in [4.69, 9.17) is 4.74 Å². The molecule has 0 aliphatic rings. The van der Waals surface area contributed by atoms with Gasteiger partial charge in [0.25, 0.3) is 0 Å². The average molecular weight is 292 g/mol. The van der Waals surface area contributed by atoms with Crippen molar-refractivity contribution in [3.63, 3.8) is 0 Å². The number of aryl methyl sites for hydroxylation is 1. The molecule has 0 aromatic heterocycles. The van der Waals surface area contributed by atoms with Crippen molar-refractivity contribution in [1.29, 1.82) is 0 Å². The first-order chi connectivity index (χ1) is 10.0. The molecule has 3 N–H and O–H groups in total. The number of aliphatic imine (C=N–C) groups is 1. The highest BCUT2D eigenvalue weighted by Crippen LogP contribution is 2.28. The van der Waals surface area contributed by atoms with Gasteiger partial charge in [-0.3, -0.25) is 10.3 Å². The summed E-state index contributed by atoms with van der Waals surface area (Å²) in [5, 5.41) is 8.56. The number of nitrogens with zero attached hydrogens (tertiary/aromatic N) is 1. The van der Waals surface area contributed by atoms with E-state index in [1.54, 1.807) is 7.11 Å². The summed E-state index contributed by atoms with van der Waals surface area (Å²) in [6, 6.07) is 3.46. The van der Waals surface area contributed by atoms with Gasteiger partial charge in [0.05, 0.1) is 12.8 Å².